The van der Waals surface area contributed by atoms with Crippen molar-refractivity contribution >= 4 is 11.7 Å². The van der Waals surface area contributed by atoms with Crippen LogP contribution in [0.25, 0.3) is 0 Å². The second kappa shape index (κ2) is 5.18. The van der Waals surface area contributed by atoms with E-state index in [1.54, 1.807) is 36.5 Å². The maximum atomic E-state index is 11.8. The lowest BCUT2D eigenvalue weighted by Crippen LogP contribution is -2.13. The van der Waals surface area contributed by atoms with E-state index in [-0.39, 0.29) is 12.5 Å². The van der Waals surface area contributed by atoms with Gasteiger partial charge >= 0.3 is 0 Å². The summed E-state index contributed by atoms with van der Waals surface area (Å²) in [4.78, 5) is 19.7. The van der Waals surface area contributed by atoms with Crippen molar-refractivity contribution in [3.05, 3.63) is 54.0 Å². The molecule has 2 rings (SSSR count). The molecular formula is C12H11N3O2. The molecule has 2 aromatic rings. The number of carbonyl (C=O) groups excluding carboxylic acids is 1. The van der Waals surface area contributed by atoms with Gasteiger partial charge in [-0.3, -0.25) is 9.78 Å². The fourth-order valence-electron chi connectivity index (χ4n) is 1.32. The molecule has 0 fully saturated rings. The van der Waals surface area contributed by atoms with E-state index in [4.69, 9.17) is 5.11 Å². The van der Waals surface area contributed by atoms with Gasteiger partial charge in [0.15, 0.2) is 0 Å². The molecule has 0 aromatic carbocycles. The Bertz CT molecular complexity index is 514. The minimum atomic E-state index is -0.277. The number of aromatic nitrogens is 2. The molecule has 5 nitrogen and oxygen atoms in total. The predicted molar refractivity (Wildman–Crippen MR) is 62.4 cm³/mol. The molecule has 2 N–H and O–H groups in total. The van der Waals surface area contributed by atoms with Crippen LogP contribution in [0.1, 0.15) is 16.1 Å². The molecule has 86 valence electrons. The first-order valence-electron chi connectivity index (χ1n) is 5.08. The van der Waals surface area contributed by atoms with Gasteiger partial charge in [-0.2, -0.15) is 0 Å². The van der Waals surface area contributed by atoms with Crippen LogP contribution in [-0.2, 0) is 6.61 Å². The number of rotatable bonds is 3. The maximum Gasteiger partial charge on any atom is 0.258 e. The van der Waals surface area contributed by atoms with E-state index in [0.29, 0.717) is 17.1 Å². The molecule has 5 heteroatoms. The number of nitrogens with zero attached hydrogens (tertiary/aromatic N) is 2. The number of aliphatic hydroxyl groups is 1. The van der Waals surface area contributed by atoms with E-state index in [2.05, 4.69) is 15.3 Å². The summed E-state index contributed by atoms with van der Waals surface area (Å²) in [6.45, 7) is -0.156. The highest BCUT2D eigenvalue weighted by atomic mass is 16.3. The van der Waals surface area contributed by atoms with Crippen LogP contribution in [0.4, 0.5) is 5.82 Å². The summed E-state index contributed by atoms with van der Waals surface area (Å²) in [6, 6.07) is 8.41. The Morgan fingerprint density at radius 1 is 1.29 bits per heavy atom. The zero-order valence-electron chi connectivity index (χ0n) is 9.00. The lowest BCUT2D eigenvalue weighted by molar-refractivity contribution is 0.102. The molecule has 0 aliphatic rings. The zero-order valence-corrected chi connectivity index (χ0v) is 9.00. The van der Waals surface area contributed by atoms with Crippen molar-refractivity contribution in [3.63, 3.8) is 0 Å². The maximum absolute atomic E-state index is 11.8. The SMILES string of the molecule is O=C(Nc1cccc(CO)n1)c1cccnc1. The third kappa shape index (κ3) is 2.85. The van der Waals surface area contributed by atoms with Crippen LogP contribution in [0.15, 0.2) is 42.7 Å². The van der Waals surface area contributed by atoms with E-state index >= 15 is 0 Å². The smallest absolute Gasteiger partial charge is 0.258 e. The van der Waals surface area contributed by atoms with Gasteiger partial charge in [-0.25, -0.2) is 4.98 Å². The molecule has 0 saturated heterocycles. The Morgan fingerprint density at radius 3 is 2.88 bits per heavy atom. The molecule has 0 aliphatic carbocycles. The summed E-state index contributed by atoms with van der Waals surface area (Å²) in [7, 11) is 0. The second-order valence-electron chi connectivity index (χ2n) is 3.37. The van der Waals surface area contributed by atoms with Gasteiger partial charge in [-0.05, 0) is 24.3 Å². The Kier molecular flexibility index (Phi) is 3.42. The first kappa shape index (κ1) is 11.2. The number of carbonyl (C=O) groups is 1. The molecule has 1 amide bonds. The third-order valence-corrected chi connectivity index (χ3v) is 2.13. The summed E-state index contributed by atoms with van der Waals surface area (Å²) < 4.78 is 0. The Morgan fingerprint density at radius 2 is 2.18 bits per heavy atom. The Hall–Kier alpha value is -2.27. The van der Waals surface area contributed by atoms with Gasteiger partial charge < -0.3 is 10.4 Å². The van der Waals surface area contributed by atoms with Gasteiger partial charge in [0, 0.05) is 12.4 Å². The van der Waals surface area contributed by atoms with Gasteiger partial charge in [0.25, 0.3) is 5.91 Å². The van der Waals surface area contributed by atoms with E-state index in [0.717, 1.165) is 0 Å². The molecule has 0 spiro atoms. The summed E-state index contributed by atoms with van der Waals surface area (Å²) in [5, 5.41) is 11.6. The van der Waals surface area contributed by atoms with Crippen molar-refractivity contribution < 1.29 is 9.90 Å². The molecular weight excluding hydrogens is 218 g/mol. The normalized spacial score (nSPS) is 9.94. The monoisotopic (exact) mass is 229 g/mol. The fourth-order valence-corrected chi connectivity index (χ4v) is 1.32. The Balaban J connectivity index is 2.13. The first-order chi connectivity index (χ1) is 8.29. The van der Waals surface area contributed by atoms with Crippen LogP contribution in [0.2, 0.25) is 0 Å². The molecule has 0 aliphatic heterocycles. The van der Waals surface area contributed by atoms with Gasteiger partial charge in [0.05, 0.1) is 17.9 Å². The van der Waals surface area contributed by atoms with Crippen LogP contribution in [0, 0.1) is 0 Å². The number of anilines is 1. The topological polar surface area (TPSA) is 75.1 Å². The average Bonchev–Trinajstić information content (AvgIpc) is 2.40. The van der Waals surface area contributed by atoms with E-state index in [1.807, 2.05) is 0 Å². The standard InChI is InChI=1S/C12H11N3O2/c16-8-10-4-1-5-11(14-10)15-12(17)9-3-2-6-13-7-9/h1-7,16H,8H2,(H,14,15,17). The van der Waals surface area contributed by atoms with Crippen molar-refractivity contribution in [1.82, 2.24) is 9.97 Å². The van der Waals surface area contributed by atoms with Gasteiger partial charge in [0.1, 0.15) is 5.82 Å². The number of amides is 1. The molecule has 0 radical (unpaired) electrons. The minimum absolute atomic E-state index is 0.156. The summed E-state index contributed by atoms with van der Waals surface area (Å²) >= 11 is 0. The Labute approximate surface area is 98.2 Å². The van der Waals surface area contributed by atoms with Crippen molar-refractivity contribution in [2.75, 3.05) is 5.32 Å². The largest absolute Gasteiger partial charge is 0.390 e. The van der Waals surface area contributed by atoms with Crippen LogP contribution >= 0.6 is 0 Å². The quantitative estimate of drug-likeness (QED) is 0.829. The van der Waals surface area contributed by atoms with E-state index < -0.39 is 0 Å². The number of aliphatic hydroxyl groups excluding tert-OH is 1. The highest BCUT2D eigenvalue weighted by molar-refractivity contribution is 6.03. The van der Waals surface area contributed by atoms with Gasteiger partial charge in [0.2, 0.25) is 0 Å². The molecule has 0 saturated carbocycles. The third-order valence-electron chi connectivity index (χ3n) is 2.13. The predicted octanol–water partition coefficient (Wildman–Crippen LogP) is 1.22. The molecule has 2 heterocycles. The van der Waals surface area contributed by atoms with Crippen LogP contribution in [0.3, 0.4) is 0 Å². The lowest BCUT2D eigenvalue weighted by Gasteiger charge is -2.04. The molecule has 0 unspecified atom stereocenters. The molecule has 0 bridgehead atoms. The highest BCUT2D eigenvalue weighted by Crippen LogP contribution is 2.07. The summed E-state index contributed by atoms with van der Waals surface area (Å²) in [5.41, 5.74) is 0.970. The van der Waals surface area contributed by atoms with Crippen LogP contribution < -0.4 is 5.32 Å². The van der Waals surface area contributed by atoms with E-state index in [1.165, 1.54) is 6.20 Å². The van der Waals surface area contributed by atoms with Crippen LogP contribution in [-0.4, -0.2) is 21.0 Å². The highest BCUT2D eigenvalue weighted by Gasteiger charge is 2.06. The van der Waals surface area contributed by atoms with Gasteiger partial charge in [-0.15, -0.1) is 0 Å². The molecule has 17 heavy (non-hydrogen) atoms. The second-order valence-corrected chi connectivity index (χ2v) is 3.37. The molecule has 0 atom stereocenters. The summed E-state index contributed by atoms with van der Waals surface area (Å²) in [5.74, 6) is 0.131. The van der Waals surface area contributed by atoms with Crippen LogP contribution in [0.5, 0.6) is 0 Å². The number of hydrogen-bond acceptors (Lipinski definition) is 4. The van der Waals surface area contributed by atoms with E-state index in [9.17, 15) is 4.79 Å². The number of hydrogen-bond donors (Lipinski definition) is 2. The average molecular weight is 229 g/mol. The summed E-state index contributed by atoms with van der Waals surface area (Å²) in [6.07, 6.45) is 3.08. The molecule has 2 aromatic heterocycles. The first-order valence-corrected chi connectivity index (χ1v) is 5.08. The zero-order chi connectivity index (χ0) is 12.1. The number of pyridine rings is 2. The van der Waals surface area contributed by atoms with Crippen molar-refractivity contribution in [2.45, 2.75) is 6.61 Å². The van der Waals surface area contributed by atoms with Crippen molar-refractivity contribution in [1.29, 1.82) is 0 Å². The number of nitrogens with one attached hydrogen (secondary N) is 1. The minimum Gasteiger partial charge on any atom is -0.390 e. The van der Waals surface area contributed by atoms with Gasteiger partial charge in [-0.1, -0.05) is 6.07 Å². The lowest BCUT2D eigenvalue weighted by atomic mass is 10.2. The fraction of sp³-hybridized carbons (Fsp3) is 0.0833. The van der Waals surface area contributed by atoms with Crippen molar-refractivity contribution in [2.24, 2.45) is 0 Å². The van der Waals surface area contributed by atoms with Crippen molar-refractivity contribution in [3.8, 4) is 0 Å².